The van der Waals surface area contributed by atoms with Crippen molar-refractivity contribution in [3.05, 3.63) is 80.7 Å². The lowest BCUT2D eigenvalue weighted by molar-refractivity contribution is -0.380. The molecule has 0 aliphatic carbocycles. The Morgan fingerprint density at radius 2 is 1.82 bits per heavy atom. The molecule has 0 saturated carbocycles. The number of sulfonamides is 1. The summed E-state index contributed by atoms with van der Waals surface area (Å²) in [5.41, 5.74) is 0.451. The van der Waals surface area contributed by atoms with Crippen molar-refractivity contribution < 1.29 is 18.1 Å². The molecule has 11 heteroatoms. The van der Waals surface area contributed by atoms with Gasteiger partial charge in [0, 0.05) is 11.8 Å². The van der Waals surface area contributed by atoms with E-state index in [2.05, 4.69) is 10.0 Å². The number of benzene rings is 2. The monoisotopic (exact) mass is 437 g/mol. The average Bonchev–Trinajstić information content (AvgIpc) is 3.14. The topological polar surface area (TPSA) is 118 Å². The number of halogens is 1. The average molecular weight is 438 g/mol. The normalized spacial score (nSPS) is 11.0. The van der Waals surface area contributed by atoms with Crippen LogP contribution in [0.25, 0.3) is 0 Å². The lowest BCUT2D eigenvalue weighted by atomic mass is 10.3. The van der Waals surface area contributed by atoms with Crippen LogP contribution < -0.4 is 10.0 Å². The summed E-state index contributed by atoms with van der Waals surface area (Å²) in [6, 6.07) is 14.6. The van der Waals surface area contributed by atoms with Gasteiger partial charge in [0.2, 0.25) is 0 Å². The van der Waals surface area contributed by atoms with Gasteiger partial charge in [0.25, 0.3) is 15.9 Å². The maximum Gasteiger partial charge on any atom is 0.324 e. The van der Waals surface area contributed by atoms with E-state index in [0.29, 0.717) is 0 Å². The SMILES string of the molecule is O=C(Nc1cccc(S(=O)(=O)Nc2ccccc2Cl)c1)c1ccc([N+](=O)[O-])s1. The molecule has 144 valence electrons. The van der Waals surface area contributed by atoms with Crippen molar-refractivity contribution in [2.24, 2.45) is 0 Å². The van der Waals surface area contributed by atoms with Crippen LogP contribution in [-0.4, -0.2) is 19.2 Å². The number of hydrogen-bond donors (Lipinski definition) is 2. The van der Waals surface area contributed by atoms with Crippen LogP contribution in [0, 0.1) is 10.1 Å². The predicted molar refractivity (Wildman–Crippen MR) is 108 cm³/mol. The van der Waals surface area contributed by atoms with Crippen molar-refractivity contribution in [1.82, 2.24) is 0 Å². The third-order valence-corrected chi connectivity index (χ3v) is 6.24. The summed E-state index contributed by atoms with van der Waals surface area (Å²) in [5.74, 6) is -0.577. The van der Waals surface area contributed by atoms with Gasteiger partial charge in [-0.05, 0) is 36.4 Å². The van der Waals surface area contributed by atoms with E-state index in [1.165, 1.54) is 42.5 Å². The summed E-state index contributed by atoms with van der Waals surface area (Å²) in [6.45, 7) is 0. The van der Waals surface area contributed by atoms with Gasteiger partial charge in [0.15, 0.2) is 0 Å². The summed E-state index contributed by atoms with van der Waals surface area (Å²) in [5, 5.41) is 13.3. The van der Waals surface area contributed by atoms with Crippen molar-refractivity contribution in [2.45, 2.75) is 4.90 Å². The molecule has 0 aliphatic heterocycles. The maximum absolute atomic E-state index is 12.6. The highest BCUT2D eigenvalue weighted by Crippen LogP contribution is 2.27. The number of nitrogens with one attached hydrogen (secondary N) is 2. The minimum absolute atomic E-state index is 0.0811. The molecule has 1 aromatic heterocycles. The summed E-state index contributed by atoms with van der Waals surface area (Å²) >= 11 is 6.70. The van der Waals surface area contributed by atoms with E-state index in [4.69, 9.17) is 11.6 Å². The molecular weight excluding hydrogens is 426 g/mol. The van der Waals surface area contributed by atoms with Crippen LogP contribution in [0.1, 0.15) is 9.67 Å². The number of para-hydroxylation sites is 1. The number of thiophene rings is 1. The van der Waals surface area contributed by atoms with Gasteiger partial charge in [0.05, 0.1) is 25.4 Å². The van der Waals surface area contributed by atoms with Gasteiger partial charge in [-0.1, -0.05) is 41.1 Å². The second-order valence-corrected chi connectivity index (χ2v) is 8.61. The molecule has 2 N–H and O–H groups in total. The molecule has 1 amide bonds. The number of anilines is 2. The molecule has 28 heavy (non-hydrogen) atoms. The van der Waals surface area contributed by atoms with Gasteiger partial charge in [-0.15, -0.1) is 0 Å². The molecule has 0 radical (unpaired) electrons. The second-order valence-electron chi connectivity index (χ2n) is 5.46. The fourth-order valence-electron chi connectivity index (χ4n) is 2.23. The second kappa shape index (κ2) is 7.97. The largest absolute Gasteiger partial charge is 0.324 e. The van der Waals surface area contributed by atoms with Gasteiger partial charge in [-0.3, -0.25) is 19.6 Å². The Balaban J connectivity index is 1.80. The Morgan fingerprint density at radius 1 is 1.07 bits per heavy atom. The molecule has 0 aliphatic rings. The highest BCUT2D eigenvalue weighted by atomic mass is 35.5. The molecule has 8 nitrogen and oxygen atoms in total. The number of carbonyl (C=O) groups excluding carboxylic acids is 1. The van der Waals surface area contributed by atoms with Gasteiger partial charge >= 0.3 is 5.00 Å². The van der Waals surface area contributed by atoms with Crippen LogP contribution in [0.4, 0.5) is 16.4 Å². The summed E-state index contributed by atoms with van der Waals surface area (Å²) in [4.78, 5) is 22.4. The zero-order valence-electron chi connectivity index (χ0n) is 14.0. The van der Waals surface area contributed by atoms with Crippen LogP contribution in [-0.2, 0) is 10.0 Å². The van der Waals surface area contributed by atoms with Crippen molar-refractivity contribution in [2.75, 3.05) is 10.0 Å². The Bertz CT molecular complexity index is 1160. The van der Waals surface area contributed by atoms with E-state index in [1.807, 2.05) is 0 Å². The Hall–Kier alpha value is -2.95. The van der Waals surface area contributed by atoms with E-state index in [0.717, 1.165) is 11.3 Å². The van der Waals surface area contributed by atoms with Gasteiger partial charge in [-0.25, -0.2) is 8.42 Å². The fourth-order valence-corrected chi connectivity index (χ4v) is 4.31. The Morgan fingerprint density at radius 3 is 2.50 bits per heavy atom. The molecule has 0 fully saturated rings. The van der Waals surface area contributed by atoms with Crippen LogP contribution >= 0.6 is 22.9 Å². The molecule has 0 spiro atoms. The van der Waals surface area contributed by atoms with Crippen molar-refractivity contribution in [3.63, 3.8) is 0 Å². The molecule has 0 saturated heterocycles. The first-order valence-electron chi connectivity index (χ1n) is 7.69. The van der Waals surface area contributed by atoms with Gasteiger partial charge < -0.3 is 5.32 Å². The molecule has 1 heterocycles. The van der Waals surface area contributed by atoms with Crippen LogP contribution in [0.2, 0.25) is 5.02 Å². The lowest BCUT2D eigenvalue weighted by Crippen LogP contribution is -2.14. The molecule has 3 rings (SSSR count). The van der Waals surface area contributed by atoms with E-state index in [9.17, 15) is 23.3 Å². The molecule has 0 bridgehead atoms. The number of nitro groups is 1. The van der Waals surface area contributed by atoms with Crippen molar-refractivity contribution in [3.8, 4) is 0 Å². The lowest BCUT2D eigenvalue weighted by Gasteiger charge is -2.11. The summed E-state index contributed by atoms with van der Waals surface area (Å²) < 4.78 is 27.6. The number of amides is 1. The first-order valence-corrected chi connectivity index (χ1v) is 10.4. The van der Waals surface area contributed by atoms with E-state index in [-0.39, 0.29) is 31.2 Å². The standard InChI is InChI=1S/C17H12ClN3O5S2/c18-13-6-1-2-7-14(13)20-28(25,26)12-5-3-4-11(10-12)19-17(22)15-8-9-16(27-15)21(23)24/h1-10,20H,(H,19,22). The smallest absolute Gasteiger partial charge is 0.321 e. The summed E-state index contributed by atoms with van der Waals surface area (Å²) in [7, 11) is -3.94. The Kier molecular flexibility index (Phi) is 5.63. The summed E-state index contributed by atoms with van der Waals surface area (Å²) in [6.07, 6.45) is 0. The number of hydrogen-bond acceptors (Lipinski definition) is 6. The first kappa shape index (κ1) is 19.8. The van der Waals surface area contributed by atoms with Crippen LogP contribution in [0.15, 0.2) is 65.6 Å². The quantitative estimate of drug-likeness (QED) is 0.438. The van der Waals surface area contributed by atoms with Crippen molar-refractivity contribution >= 4 is 55.2 Å². The van der Waals surface area contributed by atoms with Gasteiger partial charge in [0.1, 0.15) is 0 Å². The van der Waals surface area contributed by atoms with Crippen LogP contribution in [0.5, 0.6) is 0 Å². The maximum atomic E-state index is 12.6. The first-order chi connectivity index (χ1) is 13.3. The number of nitrogens with zero attached hydrogens (tertiary/aromatic N) is 1. The van der Waals surface area contributed by atoms with Gasteiger partial charge in [-0.2, -0.15) is 0 Å². The predicted octanol–water partition coefficient (Wildman–Crippen LogP) is 4.36. The highest BCUT2D eigenvalue weighted by molar-refractivity contribution is 7.92. The van der Waals surface area contributed by atoms with E-state index in [1.54, 1.807) is 18.2 Å². The molecule has 3 aromatic rings. The third kappa shape index (κ3) is 4.47. The zero-order chi connectivity index (χ0) is 20.3. The Labute approximate surface area is 169 Å². The molecule has 0 unspecified atom stereocenters. The molecular formula is C17H12ClN3O5S2. The third-order valence-electron chi connectivity index (χ3n) is 3.52. The van der Waals surface area contributed by atoms with E-state index < -0.39 is 20.9 Å². The molecule has 2 aromatic carbocycles. The minimum Gasteiger partial charge on any atom is -0.321 e. The van der Waals surface area contributed by atoms with Crippen LogP contribution in [0.3, 0.4) is 0 Å². The highest BCUT2D eigenvalue weighted by Gasteiger charge is 2.18. The minimum atomic E-state index is -3.94. The fraction of sp³-hybridized carbons (Fsp3) is 0. The number of rotatable bonds is 6. The van der Waals surface area contributed by atoms with Crippen molar-refractivity contribution in [1.29, 1.82) is 0 Å². The zero-order valence-corrected chi connectivity index (χ0v) is 16.3. The molecule has 0 atom stereocenters. The number of carbonyl (C=O) groups is 1. The van der Waals surface area contributed by atoms with E-state index >= 15 is 0 Å².